The molecule has 0 aliphatic carbocycles. The number of rotatable bonds is 4. The Morgan fingerprint density at radius 2 is 2.19 bits per heavy atom. The summed E-state index contributed by atoms with van der Waals surface area (Å²) in [5.41, 5.74) is 1.63. The lowest BCUT2D eigenvalue weighted by molar-refractivity contribution is 0.134. The fourth-order valence-electron chi connectivity index (χ4n) is 2.81. The van der Waals surface area contributed by atoms with Crippen molar-refractivity contribution < 1.29 is 14.6 Å². The molecule has 1 fully saturated rings. The molecule has 0 bridgehead atoms. The standard InChI is InChI=1S/C17H22FNO2/c1-13-7-8-19(17(13)12-21)11-15-5-6-16(18)10-14(15)4-2-3-9-20/h5-6,10,13,17,20-21H,3,7-9,11-12H2,1H3. The molecule has 114 valence electrons. The first-order chi connectivity index (χ1) is 10.2. The van der Waals surface area contributed by atoms with Gasteiger partial charge in [-0.25, -0.2) is 4.39 Å². The fourth-order valence-corrected chi connectivity index (χ4v) is 2.81. The quantitative estimate of drug-likeness (QED) is 0.831. The largest absolute Gasteiger partial charge is 0.395 e. The minimum absolute atomic E-state index is 0.00781. The molecule has 0 saturated carbocycles. The Morgan fingerprint density at radius 3 is 2.90 bits per heavy atom. The molecule has 1 aliphatic rings. The van der Waals surface area contributed by atoms with Crippen LogP contribution in [0.3, 0.4) is 0 Å². The van der Waals surface area contributed by atoms with Crippen LogP contribution in [0.1, 0.15) is 30.9 Å². The third-order valence-electron chi connectivity index (χ3n) is 4.09. The van der Waals surface area contributed by atoms with Crippen molar-refractivity contribution in [3.05, 3.63) is 35.1 Å². The average molecular weight is 291 g/mol. The van der Waals surface area contributed by atoms with Crippen molar-refractivity contribution >= 4 is 0 Å². The number of hydrogen-bond acceptors (Lipinski definition) is 3. The zero-order chi connectivity index (χ0) is 15.2. The van der Waals surface area contributed by atoms with Crippen molar-refractivity contribution in [3.63, 3.8) is 0 Å². The molecule has 2 unspecified atom stereocenters. The van der Waals surface area contributed by atoms with Crippen LogP contribution in [0.15, 0.2) is 18.2 Å². The van der Waals surface area contributed by atoms with Gasteiger partial charge >= 0.3 is 0 Å². The van der Waals surface area contributed by atoms with E-state index in [0.29, 0.717) is 24.4 Å². The van der Waals surface area contributed by atoms with Gasteiger partial charge in [-0.05, 0) is 36.6 Å². The summed E-state index contributed by atoms with van der Waals surface area (Å²) in [5.74, 6) is 5.94. The van der Waals surface area contributed by atoms with Crippen molar-refractivity contribution in [2.45, 2.75) is 32.4 Å². The number of aliphatic hydroxyl groups is 2. The van der Waals surface area contributed by atoms with E-state index in [0.717, 1.165) is 18.5 Å². The van der Waals surface area contributed by atoms with Gasteiger partial charge in [-0.1, -0.05) is 24.8 Å². The van der Waals surface area contributed by atoms with Crippen LogP contribution in [0, 0.1) is 23.6 Å². The molecule has 2 atom stereocenters. The lowest BCUT2D eigenvalue weighted by atomic mass is 10.0. The highest BCUT2D eigenvalue weighted by Gasteiger charge is 2.30. The summed E-state index contributed by atoms with van der Waals surface area (Å²) in [7, 11) is 0. The van der Waals surface area contributed by atoms with Gasteiger partial charge in [0, 0.05) is 24.6 Å². The first-order valence-corrected chi connectivity index (χ1v) is 7.38. The molecule has 0 radical (unpaired) electrons. The maximum absolute atomic E-state index is 13.4. The van der Waals surface area contributed by atoms with E-state index in [2.05, 4.69) is 23.7 Å². The van der Waals surface area contributed by atoms with Gasteiger partial charge in [-0.2, -0.15) is 0 Å². The summed E-state index contributed by atoms with van der Waals surface area (Å²) in [6, 6.07) is 4.80. The van der Waals surface area contributed by atoms with E-state index in [1.54, 1.807) is 6.07 Å². The second kappa shape index (κ2) is 7.56. The van der Waals surface area contributed by atoms with Crippen LogP contribution < -0.4 is 0 Å². The molecule has 1 aromatic carbocycles. The summed E-state index contributed by atoms with van der Waals surface area (Å²) >= 11 is 0. The van der Waals surface area contributed by atoms with Crippen molar-refractivity contribution in [2.75, 3.05) is 19.8 Å². The highest BCUT2D eigenvalue weighted by Crippen LogP contribution is 2.26. The molecule has 1 saturated heterocycles. The Bertz CT molecular complexity index is 535. The van der Waals surface area contributed by atoms with Crippen molar-refractivity contribution in [1.82, 2.24) is 4.90 Å². The first kappa shape index (κ1) is 16.0. The Balaban J connectivity index is 2.18. The second-order valence-electron chi connectivity index (χ2n) is 5.56. The molecule has 1 heterocycles. The zero-order valence-corrected chi connectivity index (χ0v) is 12.3. The molecule has 1 aliphatic heterocycles. The second-order valence-corrected chi connectivity index (χ2v) is 5.56. The first-order valence-electron chi connectivity index (χ1n) is 7.38. The summed E-state index contributed by atoms with van der Waals surface area (Å²) in [6.07, 6.45) is 1.45. The zero-order valence-electron chi connectivity index (χ0n) is 12.3. The van der Waals surface area contributed by atoms with E-state index >= 15 is 0 Å². The van der Waals surface area contributed by atoms with Crippen LogP contribution in [0.4, 0.5) is 4.39 Å². The molecule has 4 heteroatoms. The average Bonchev–Trinajstić information content (AvgIpc) is 2.82. The minimum Gasteiger partial charge on any atom is -0.395 e. The summed E-state index contributed by atoms with van der Waals surface area (Å²) in [4.78, 5) is 2.23. The highest BCUT2D eigenvalue weighted by atomic mass is 19.1. The molecule has 3 nitrogen and oxygen atoms in total. The monoisotopic (exact) mass is 291 g/mol. The number of hydrogen-bond donors (Lipinski definition) is 2. The summed E-state index contributed by atoms with van der Waals surface area (Å²) < 4.78 is 13.4. The molecular formula is C17H22FNO2. The lowest BCUT2D eigenvalue weighted by Crippen LogP contribution is -2.34. The van der Waals surface area contributed by atoms with Crippen LogP contribution in [0.2, 0.25) is 0 Å². The van der Waals surface area contributed by atoms with Crippen LogP contribution >= 0.6 is 0 Å². The molecule has 2 N–H and O–H groups in total. The maximum atomic E-state index is 13.4. The Labute approximate surface area is 125 Å². The Morgan fingerprint density at radius 1 is 1.38 bits per heavy atom. The van der Waals surface area contributed by atoms with Crippen molar-refractivity contribution in [3.8, 4) is 11.8 Å². The predicted octanol–water partition coefficient (Wildman–Crippen LogP) is 1.76. The van der Waals surface area contributed by atoms with Gasteiger partial charge in [-0.3, -0.25) is 4.90 Å². The SMILES string of the molecule is CC1CCN(Cc2ccc(F)cc2C#CCCO)C1CO. The minimum atomic E-state index is -0.305. The van der Waals surface area contributed by atoms with Crippen molar-refractivity contribution in [2.24, 2.45) is 5.92 Å². The van der Waals surface area contributed by atoms with E-state index in [1.165, 1.54) is 12.1 Å². The lowest BCUT2D eigenvalue weighted by Gasteiger charge is -2.25. The van der Waals surface area contributed by atoms with E-state index in [-0.39, 0.29) is 25.1 Å². The van der Waals surface area contributed by atoms with Crippen LogP contribution in [0.25, 0.3) is 0 Å². The third-order valence-corrected chi connectivity index (χ3v) is 4.09. The van der Waals surface area contributed by atoms with Crippen molar-refractivity contribution in [1.29, 1.82) is 0 Å². The normalized spacial score (nSPS) is 22.1. The van der Waals surface area contributed by atoms with Gasteiger partial charge in [0.15, 0.2) is 0 Å². The molecule has 0 aromatic heterocycles. The molecule has 21 heavy (non-hydrogen) atoms. The number of benzene rings is 1. The van der Waals surface area contributed by atoms with Crippen LogP contribution in [0.5, 0.6) is 0 Å². The number of aliphatic hydroxyl groups excluding tert-OH is 2. The van der Waals surface area contributed by atoms with E-state index in [1.807, 2.05) is 0 Å². The van der Waals surface area contributed by atoms with Gasteiger partial charge in [0.25, 0.3) is 0 Å². The van der Waals surface area contributed by atoms with E-state index in [9.17, 15) is 9.50 Å². The maximum Gasteiger partial charge on any atom is 0.124 e. The Hall–Kier alpha value is -1.41. The van der Waals surface area contributed by atoms with Crippen LogP contribution in [-0.2, 0) is 6.54 Å². The smallest absolute Gasteiger partial charge is 0.124 e. The number of nitrogens with zero attached hydrogens (tertiary/aromatic N) is 1. The van der Waals surface area contributed by atoms with E-state index < -0.39 is 0 Å². The molecule has 2 rings (SSSR count). The number of likely N-dealkylation sites (tertiary alicyclic amines) is 1. The van der Waals surface area contributed by atoms with Gasteiger partial charge < -0.3 is 10.2 Å². The molecule has 0 spiro atoms. The van der Waals surface area contributed by atoms with Gasteiger partial charge in [0.2, 0.25) is 0 Å². The highest BCUT2D eigenvalue weighted by molar-refractivity contribution is 5.41. The van der Waals surface area contributed by atoms with Gasteiger partial charge in [-0.15, -0.1) is 0 Å². The van der Waals surface area contributed by atoms with Gasteiger partial charge in [0.1, 0.15) is 5.82 Å². The molecule has 1 aromatic rings. The third kappa shape index (κ3) is 4.04. The van der Waals surface area contributed by atoms with Gasteiger partial charge in [0.05, 0.1) is 13.2 Å². The summed E-state index contributed by atoms with van der Waals surface area (Å²) in [6.45, 7) is 3.90. The topological polar surface area (TPSA) is 43.7 Å². The predicted molar refractivity (Wildman–Crippen MR) is 80.0 cm³/mol. The number of halogens is 1. The van der Waals surface area contributed by atoms with E-state index in [4.69, 9.17) is 5.11 Å². The fraction of sp³-hybridized carbons (Fsp3) is 0.529. The molecule has 0 amide bonds. The van der Waals surface area contributed by atoms with Crippen LogP contribution in [-0.4, -0.2) is 40.9 Å². The summed E-state index contributed by atoms with van der Waals surface area (Å²) in [5, 5.41) is 18.3. The Kier molecular flexibility index (Phi) is 5.75. The molecular weight excluding hydrogens is 269 g/mol.